The van der Waals surface area contributed by atoms with Gasteiger partial charge in [0.1, 0.15) is 17.0 Å². The second-order valence-corrected chi connectivity index (χ2v) is 11.0. The number of allylic oxidation sites excluding steroid dienone is 2. The number of hydrogen-bond acceptors (Lipinski definition) is 4. The molecule has 0 aliphatic carbocycles. The van der Waals surface area contributed by atoms with Crippen LogP contribution in [0.2, 0.25) is 0 Å². The number of thiazole rings is 1. The lowest BCUT2D eigenvalue weighted by Crippen LogP contribution is -2.33. The first kappa shape index (κ1) is 25.4. The number of fused-ring (bicyclic) bond motifs is 2. The maximum absolute atomic E-state index is 5.48. The van der Waals surface area contributed by atoms with E-state index >= 15 is 0 Å². The molecule has 0 radical (unpaired) electrons. The molecule has 0 bridgehead atoms. The van der Waals surface area contributed by atoms with Crippen molar-refractivity contribution in [2.24, 2.45) is 0 Å². The van der Waals surface area contributed by atoms with Crippen molar-refractivity contribution in [1.82, 2.24) is 0 Å². The summed E-state index contributed by atoms with van der Waals surface area (Å²) in [5, 5.41) is 2.57. The van der Waals surface area contributed by atoms with Gasteiger partial charge in [-0.05, 0) is 67.3 Å². The average molecular weight is 526 g/mol. The fourth-order valence-corrected chi connectivity index (χ4v) is 6.98. The Balaban J connectivity index is 1.45. The van der Waals surface area contributed by atoms with E-state index in [1.54, 1.807) is 7.11 Å². The molecule has 0 saturated heterocycles. The van der Waals surface area contributed by atoms with Gasteiger partial charge in [-0.25, -0.2) is 0 Å². The van der Waals surface area contributed by atoms with Crippen molar-refractivity contribution in [2.75, 3.05) is 18.6 Å². The van der Waals surface area contributed by atoms with Crippen molar-refractivity contribution in [1.29, 1.82) is 0 Å². The van der Waals surface area contributed by atoms with Crippen molar-refractivity contribution in [3.63, 3.8) is 0 Å². The first-order valence-electron chi connectivity index (χ1n) is 12.9. The summed E-state index contributed by atoms with van der Waals surface area (Å²) in [6.07, 6.45) is 10.1. The summed E-state index contributed by atoms with van der Waals surface area (Å²) in [6, 6.07) is 23.6. The first-order chi connectivity index (χ1) is 18.1. The average Bonchev–Trinajstić information content (AvgIpc) is 3.47. The molecule has 37 heavy (non-hydrogen) atoms. The number of benzene rings is 3. The molecule has 3 nitrogen and oxygen atoms in total. The van der Waals surface area contributed by atoms with Crippen LogP contribution in [-0.2, 0) is 6.54 Å². The molecule has 0 N–H and O–H groups in total. The van der Waals surface area contributed by atoms with Gasteiger partial charge in [-0.1, -0.05) is 78.6 Å². The molecule has 4 aromatic rings. The number of anilines is 1. The van der Waals surface area contributed by atoms with Crippen LogP contribution >= 0.6 is 23.1 Å². The van der Waals surface area contributed by atoms with E-state index in [9.17, 15) is 0 Å². The van der Waals surface area contributed by atoms with Crippen molar-refractivity contribution < 1.29 is 9.30 Å². The van der Waals surface area contributed by atoms with Crippen molar-refractivity contribution in [2.45, 2.75) is 38.6 Å². The van der Waals surface area contributed by atoms with Crippen LogP contribution in [0.4, 0.5) is 5.69 Å². The summed E-state index contributed by atoms with van der Waals surface area (Å²) in [5.41, 5.74) is 6.29. The van der Waals surface area contributed by atoms with Gasteiger partial charge < -0.3 is 9.64 Å². The van der Waals surface area contributed by atoms with E-state index < -0.39 is 0 Å². The molecule has 2 heterocycles. The van der Waals surface area contributed by atoms with Gasteiger partial charge in [0.2, 0.25) is 5.52 Å². The molecular weight excluding hydrogens is 492 g/mol. The van der Waals surface area contributed by atoms with Gasteiger partial charge >= 0.3 is 0 Å². The van der Waals surface area contributed by atoms with Crippen LogP contribution in [-0.4, -0.2) is 13.7 Å². The second-order valence-electron chi connectivity index (χ2n) is 8.89. The molecule has 5 rings (SSSR count). The standard InChI is InChI=1S/C32H33N2OS2/c1-5-23(21-32-34(7-3)28-22-26(35-4)16-18-30(28)37-32)20-31-33(6-2)27-19-25(15-17-29(27)36-31)14-13-24-11-9-8-10-12-24/h8-22H,5-7H2,1-4H3/q+1. The third-order valence-corrected chi connectivity index (χ3v) is 8.84. The number of aryl methyl sites for hydroxylation is 1. The molecule has 1 aliphatic heterocycles. The van der Waals surface area contributed by atoms with Gasteiger partial charge in [0.25, 0.3) is 5.01 Å². The predicted octanol–water partition coefficient (Wildman–Crippen LogP) is 8.65. The molecule has 3 aromatic carbocycles. The Kier molecular flexibility index (Phi) is 7.82. The van der Waals surface area contributed by atoms with E-state index in [4.69, 9.17) is 4.74 Å². The molecule has 0 fully saturated rings. The molecule has 188 valence electrons. The quantitative estimate of drug-likeness (QED) is 0.169. The van der Waals surface area contributed by atoms with Crippen LogP contribution in [0.25, 0.3) is 28.4 Å². The zero-order valence-corrected chi connectivity index (χ0v) is 23.5. The van der Waals surface area contributed by atoms with Crippen LogP contribution in [0.5, 0.6) is 5.75 Å². The minimum Gasteiger partial charge on any atom is -0.497 e. The summed E-state index contributed by atoms with van der Waals surface area (Å²) in [6.45, 7) is 8.54. The lowest BCUT2D eigenvalue weighted by atomic mass is 10.1. The summed E-state index contributed by atoms with van der Waals surface area (Å²) in [4.78, 5) is 3.76. The summed E-state index contributed by atoms with van der Waals surface area (Å²) in [5.74, 6) is 0.901. The fraction of sp³-hybridized carbons (Fsp3) is 0.219. The lowest BCUT2D eigenvalue weighted by Gasteiger charge is -2.18. The molecule has 0 atom stereocenters. The highest BCUT2D eigenvalue weighted by atomic mass is 32.2. The minimum atomic E-state index is 0.901. The number of ether oxygens (including phenoxy) is 1. The topological polar surface area (TPSA) is 16.4 Å². The van der Waals surface area contributed by atoms with E-state index in [0.29, 0.717) is 0 Å². The molecule has 0 amide bonds. The Hall–Kier alpha value is -3.28. The van der Waals surface area contributed by atoms with E-state index in [1.165, 1.54) is 47.5 Å². The third-order valence-electron chi connectivity index (χ3n) is 6.62. The number of methoxy groups -OCH3 is 1. The zero-order valence-electron chi connectivity index (χ0n) is 21.9. The lowest BCUT2D eigenvalue weighted by molar-refractivity contribution is -0.665. The molecular formula is C32H33N2OS2+. The summed E-state index contributed by atoms with van der Waals surface area (Å²) in [7, 11) is 1.73. The normalized spacial score (nSPS) is 14.8. The first-order valence-corrected chi connectivity index (χ1v) is 14.5. The maximum atomic E-state index is 5.48. The number of rotatable bonds is 8. The third kappa shape index (κ3) is 5.39. The smallest absolute Gasteiger partial charge is 0.263 e. The minimum absolute atomic E-state index is 0.901. The highest BCUT2D eigenvalue weighted by Gasteiger charge is 2.25. The van der Waals surface area contributed by atoms with E-state index in [1.807, 2.05) is 29.2 Å². The van der Waals surface area contributed by atoms with Gasteiger partial charge in [-0.3, -0.25) is 0 Å². The van der Waals surface area contributed by atoms with Crippen molar-refractivity contribution in [3.05, 3.63) is 99.5 Å². The second kappa shape index (κ2) is 11.4. The Morgan fingerprint density at radius 3 is 2.49 bits per heavy atom. The fourth-order valence-electron chi connectivity index (χ4n) is 4.62. The van der Waals surface area contributed by atoms with Gasteiger partial charge in [0, 0.05) is 17.5 Å². The molecule has 5 heteroatoms. The van der Waals surface area contributed by atoms with Crippen LogP contribution < -0.4 is 14.2 Å². The molecule has 0 saturated carbocycles. The number of hydrogen-bond donors (Lipinski definition) is 0. The number of thioether (sulfide) groups is 1. The monoisotopic (exact) mass is 525 g/mol. The van der Waals surface area contributed by atoms with Crippen LogP contribution in [0.3, 0.4) is 0 Å². The van der Waals surface area contributed by atoms with Crippen LogP contribution in [0.15, 0.2) is 88.3 Å². The van der Waals surface area contributed by atoms with Gasteiger partial charge in [-0.15, -0.1) is 0 Å². The van der Waals surface area contributed by atoms with Gasteiger partial charge in [0.05, 0.1) is 23.9 Å². The van der Waals surface area contributed by atoms with Crippen molar-refractivity contribution in [3.8, 4) is 5.75 Å². The van der Waals surface area contributed by atoms with E-state index in [0.717, 1.165) is 25.3 Å². The van der Waals surface area contributed by atoms with Gasteiger partial charge in [-0.2, -0.15) is 4.57 Å². The molecule has 1 aromatic heterocycles. The summed E-state index contributed by atoms with van der Waals surface area (Å²) >= 11 is 3.71. The Morgan fingerprint density at radius 1 is 0.946 bits per heavy atom. The summed E-state index contributed by atoms with van der Waals surface area (Å²) < 4.78 is 9.15. The predicted molar refractivity (Wildman–Crippen MR) is 161 cm³/mol. The Bertz CT molecular complexity index is 1500. The highest BCUT2D eigenvalue weighted by Crippen LogP contribution is 2.47. The molecule has 0 spiro atoms. The van der Waals surface area contributed by atoms with Crippen LogP contribution in [0, 0.1) is 0 Å². The zero-order chi connectivity index (χ0) is 25.8. The highest BCUT2D eigenvalue weighted by molar-refractivity contribution is 8.03. The Morgan fingerprint density at radius 2 is 1.76 bits per heavy atom. The largest absolute Gasteiger partial charge is 0.497 e. The van der Waals surface area contributed by atoms with E-state index in [2.05, 4.69) is 115 Å². The Labute approximate surface area is 228 Å². The number of aromatic nitrogens is 1. The maximum Gasteiger partial charge on any atom is 0.263 e. The van der Waals surface area contributed by atoms with E-state index in [-0.39, 0.29) is 0 Å². The van der Waals surface area contributed by atoms with Crippen molar-refractivity contribution >= 4 is 57.2 Å². The molecule has 1 aliphatic rings. The van der Waals surface area contributed by atoms with Gasteiger partial charge in [0.15, 0.2) is 0 Å². The van der Waals surface area contributed by atoms with Crippen LogP contribution in [0.1, 0.15) is 43.3 Å². The molecule has 0 unspecified atom stereocenters. The number of nitrogens with zero attached hydrogens (tertiary/aromatic N) is 2. The SMILES string of the molecule is CCC(=Cc1sc2ccc(OC)cc2[n+]1CC)C=C1Sc2ccc(C=Cc3ccccc3)cc2N1CC.